The van der Waals surface area contributed by atoms with Crippen molar-refractivity contribution in [3.63, 3.8) is 0 Å². The minimum Gasteiger partial charge on any atom is -0.467 e. The molecule has 0 saturated heterocycles. The first-order valence-electron chi connectivity index (χ1n) is 6.82. The number of hydrogen-bond acceptors (Lipinski definition) is 4. The van der Waals surface area contributed by atoms with Crippen LogP contribution in [0.15, 0.2) is 0 Å². The number of hydrogen-bond donors (Lipinski definition) is 1. The SMILES string of the molecule is COC(=O)C(NC(=O)OC(C)(C)C)C1CC2(CC2)C1. The summed E-state index contributed by atoms with van der Waals surface area (Å²) in [5, 5.41) is 2.66. The normalized spacial score (nSPS) is 22.3. The molecule has 2 aliphatic carbocycles. The van der Waals surface area contributed by atoms with E-state index in [4.69, 9.17) is 9.47 Å². The number of methoxy groups -OCH3 is 1. The molecule has 0 bridgehead atoms. The number of amides is 1. The minimum atomic E-state index is -0.578. The summed E-state index contributed by atoms with van der Waals surface area (Å²) in [5.74, 6) is -0.200. The third kappa shape index (κ3) is 3.39. The molecule has 0 heterocycles. The van der Waals surface area contributed by atoms with Crippen LogP contribution < -0.4 is 5.32 Å². The summed E-state index contributed by atoms with van der Waals surface area (Å²) in [6, 6.07) is -0.578. The molecule has 2 rings (SSSR count). The van der Waals surface area contributed by atoms with Gasteiger partial charge in [0.1, 0.15) is 11.6 Å². The molecule has 1 N–H and O–H groups in total. The standard InChI is InChI=1S/C14H23NO4/c1-13(2,3)19-12(17)15-10(11(16)18-4)9-7-14(8-9)5-6-14/h9-10H,5-8H2,1-4H3,(H,15,17). The Morgan fingerprint density at radius 3 is 2.26 bits per heavy atom. The van der Waals surface area contributed by atoms with Crippen LogP contribution in [0, 0.1) is 11.3 Å². The summed E-state index contributed by atoms with van der Waals surface area (Å²) in [7, 11) is 1.34. The van der Waals surface area contributed by atoms with E-state index in [0.29, 0.717) is 5.41 Å². The van der Waals surface area contributed by atoms with Gasteiger partial charge in [-0.3, -0.25) is 0 Å². The number of rotatable bonds is 3. The van der Waals surface area contributed by atoms with Crippen LogP contribution in [0.5, 0.6) is 0 Å². The maximum absolute atomic E-state index is 11.8. The highest BCUT2D eigenvalue weighted by molar-refractivity contribution is 5.81. The van der Waals surface area contributed by atoms with Gasteiger partial charge in [-0.05, 0) is 57.8 Å². The van der Waals surface area contributed by atoms with E-state index in [0.717, 1.165) is 12.8 Å². The fourth-order valence-corrected chi connectivity index (χ4v) is 2.80. The van der Waals surface area contributed by atoms with Gasteiger partial charge in [0.25, 0.3) is 0 Å². The number of carbonyl (C=O) groups is 2. The molecule has 5 nitrogen and oxygen atoms in total. The topological polar surface area (TPSA) is 64.6 Å². The van der Waals surface area contributed by atoms with Crippen molar-refractivity contribution in [3.05, 3.63) is 0 Å². The Hall–Kier alpha value is -1.26. The highest BCUT2D eigenvalue weighted by Crippen LogP contribution is 2.64. The molecule has 0 radical (unpaired) electrons. The van der Waals surface area contributed by atoms with Crippen molar-refractivity contribution in [1.29, 1.82) is 0 Å². The van der Waals surface area contributed by atoms with Gasteiger partial charge in [0.15, 0.2) is 0 Å². The van der Waals surface area contributed by atoms with Gasteiger partial charge in [-0.1, -0.05) is 0 Å². The largest absolute Gasteiger partial charge is 0.467 e. The molecule has 2 fully saturated rings. The van der Waals surface area contributed by atoms with Crippen molar-refractivity contribution in [2.45, 2.75) is 58.1 Å². The first kappa shape index (κ1) is 14.2. The van der Waals surface area contributed by atoms with Crippen molar-refractivity contribution in [2.75, 3.05) is 7.11 Å². The first-order chi connectivity index (χ1) is 8.75. The van der Waals surface area contributed by atoms with Crippen molar-refractivity contribution in [1.82, 2.24) is 5.32 Å². The molecule has 1 unspecified atom stereocenters. The van der Waals surface area contributed by atoms with Crippen molar-refractivity contribution in [3.8, 4) is 0 Å². The third-order valence-corrected chi connectivity index (χ3v) is 3.95. The molecule has 5 heteroatoms. The van der Waals surface area contributed by atoms with E-state index in [2.05, 4.69) is 5.32 Å². The number of carbonyl (C=O) groups excluding carboxylic acids is 2. The average Bonchev–Trinajstić information content (AvgIpc) is 3.00. The molecule has 0 aromatic carbocycles. The predicted octanol–water partition coefficient (Wildman–Crippen LogP) is 2.24. The Labute approximate surface area is 114 Å². The number of alkyl carbamates (subject to hydrolysis) is 1. The van der Waals surface area contributed by atoms with E-state index in [1.165, 1.54) is 20.0 Å². The Morgan fingerprint density at radius 1 is 1.26 bits per heavy atom. The average molecular weight is 269 g/mol. The van der Waals surface area contributed by atoms with Gasteiger partial charge < -0.3 is 14.8 Å². The summed E-state index contributed by atoms with van der Waals surface area (Å²) in [5.41, 5.74) is -0.0887. The highest BCUT2D eigenvalue weighted by Gasteiger charge is 2.56. The van der Waals surface area contributed by atoms with Gasteiger partial charge in [-0.15, -0.1) is 0 Å². The Balaban J connectivity index is 1.91. The summed E-state index contributed by atoms with van der Waals surface area (Å²) < 4.78 is 9.97. The maximum Gasteiger partial charge on any atom is 0.408 e. The molecular weight excluding hydrogens is 246 g/mol. The zero-order chi connectivity index (χ0) is 14.3. The van der Waals surface area contributed by atoms with Crippen molar-refractivity contribution < 1.29 is 19.1 Å². The maximum atomic E-state index is 11.8. The highest BCUT2D eigenvalue weighted by atomic mass is 16.6. The monoisotopic (exact) mass is 269 g/mol. The molecule has 1 amide bonds. The van der Waals surface area contributed by atoms with Gasteiger partial charge in [-0.2, -0.15) is 0 Å². The quantitative estimate of drug-likeness (QED) is 0.798. The summed E-state index contributed by atoms with van der Waals surface area (Å²) in [6.07, 6.45) is 3.96. The molecule has 2 saturated carbocycles. The molecule has 19 heavy (non-hydrogen) atoms. The minimum absolute atomic E-state index is 0.183. The van der Waals surface area contributed by atoms with Gasteiger partial charge in [0, 0.05) is 0 Å². The van der Waals surface area contributed by atoms with E-state index in [1.807, 2.05) is 0 Å². The zero-order valence-electron chi connectivity index (χ0n) is 12.1. The van der Waals surface area contributed by atoms with Gasteiger partial charge >= 0.3 is 12.1 Å². The van der Waals surface area contributed by atoms with Crippen LogP contribution in [-0.2, 0) is 14.3 Å². The first-order valence-corrected chi connectivity index (χ1v) is 6.82. The molecule has 0 aromatic rings. The Kier molecular flexibility index (Phi) is 3.49. The van der Waals surface area contributed by atoms with Crippen molar-refractivity contribution in [2.24, 2.45) is 11.3 Å². The van der Waals surface area contributed by atoms with Gasteiger partial charge in [0.05, 0.1) is 7.11 Å². The smallest absolute Gasteiger partial charge is 0.408 e. The zero-order valence-corrected chi connectivity index (χ0v) is 12.1. The van der Waals surface area contributed by atoms with Crippen LogP contribution >= 0.6 is 0 Å². The molecule has 1 atom stereocenters. The Bertz CT molecular complexity index is 373. The fraction of sp³-hybridized carbons (Fsp3) is 0.857. The second-order valence-electron chi connectivity index (χ2n) is 6.82. The number of nitrogens with one attached hydrogen (secondary N) is 1. The fourth-order valence-electron chi connectivity index (χ4n) is 2.80. The summed E-state index contributed by atoms with van der Waals surface area (Å²) in [4.78, 5) is 23.6. The van der Waals surface area contributed by atoms with Crippen LogP contribution in [0.4, 0.5) is 4.79 Å². The van der Waals surface area contributed by atoms with Gasteiger partial charge in [-0.25, -0.2) is 9.59 Å². The lowest BCUT2D eigenvalue weighted by Crippen LogP contribution is -2.52. The van der Waals surface area contributed by atoms with E-state index >= 15 is 0 Å². The van der Waals surface area contributed by atoms with Crippen molar-refractivity contribution >= 4 is 12.1 Å². The van der Waals surface area contributed by atoms with Crippen LogP contribution in [0.2, 0.25) is 0 Å². The van der Waals surface area contributed by atoms with Crippen LogP contribution in [0.1, 0.15) is 46.5 Å². The molecular formula is C14H23NO4. The molecule has 1 spiro atoms. The second kappa shape index (κ2) is 4.69. The molecule has 108 valence electrons. The number of esters is 1. The Morgan fingerprint density at radius 2 is 1.84 bits per heavy atom. The predicted molar refractivity (Wildman–Crippen MR) is 69.6 cm³/mol. The lowest BCUT2D eigenvalue weighted by atomic mass is 9.68. The van der Waals surface area contributed by atoms with Gasteiger partial charge in [0.2, 0.25) is 0 Å². The lowest BCUT2D eigenvalue weighted by molar-refractivity contribution is -0.146. The van der Waals surface area contributed by atoms with E-state index in [9.17, 15) is 9.59 Å². The van der Waals surface area contributed by atoms with Crippen LogP contribution in [0.3, 0.4) is 0 Å². The van der Waals surface area contributed by atoms with Crippen LogP contribution in [-0.4, -0.2) is 30.8 Å². The van der Waals surface area contributed by atoms with E-state index in [-0.39, 0.29) is 11.9 Å². The second-order valence-corrected chi connectivity index (χ2v) is 6.82. The lowest BCUT2D eigenvalue weighted by Gasteiger charge is -2.40. The molecule has 0 aromatic heterocycles. The molecule has 0 aliphatic heterocycles. The summed E-state index contributed by atoms with van der Waals surface area (Å²) >= 11 is 0. The third-order valence-electron chi connectivity index (χ3n) is 3.95. The number of ether oxygens (including phenoxy) is 2. The molecule has 2 aliphatic rings. The van der Waals surface area contributed by atoms with Crippen LogP contribution in [0.25, 0.3) is 0 Å². The van der Waals surface area contributed by atoms with E-state index < -0.39 is 17.7 Å². The van der Waals surface area contributed by atoms with E-state index in [1.54, 1.807) is 20.8 Å². The summed E-state index contributed by atoms with van der Waals surface area (Å²) in [6.45, 7) is 5.38.